The third-order valence-corrected chi connectivity index (χ3v) is 3.78. The van der Waals surface area contributed by atoms with Crippen LogP contribution in [0.25, 0.3) is 0 Å². The first-order valence-electron chi connectivity index (χ1n) is 6.95. The highest BCUT2D eigenvalue weighted by atomic mass is 16.4. The van der Waals surface area contributed by atoms with Gasteiger partial charge in [0.15, 0.2) is 0 Å². The summed E-state index contributed by atoms with van der Waals surface area (Å²) in [6.07, 6.45) is 2.10. The number of carbonyl (C=O) groups excluding carboxylic acids is 1. The Morgan fingerprint density at radius 3 is 2.65 bits per heavy atom. The van der Waals surface area contributed by atoms with Gasteiger partial charge in [-0.15, -0.1) is 0 Å². The first-order valence-corrected chi connectivity index (χ1v) is 6.95. The zero-order valence-corrected chi connectivity index (χ0v) is 12.0. The van der Waals surface area contributed by atoms with Crippen LogP contribution in [0, 0.1) is 5.92 Å². The van der Waals surface area contributed by atoms with Crippen molar-refractivity contribution in [1.29, 1.82) is 0 Å². The van der Waals surface area contributed by atoms with Crippen LogP contribution in [-0.4, -0.2) is 34.9 Å². The van der Waals surface area contributed by atoms with E-state index in [2.05, 4.69) is 17.4 Å². The van der Waals surface area contributed by atoms with Crippen LogP contribution >= 0.6 is 0 Å². The van der Waals surface area contributed by atoms with Crippen molar-refractivity contribution in [2.45, 2.75) is 26.7 Å². The van der Waals surface area contributed by atoms with Gasteiger partial charge >= 0.3 is 6.03 Å². The minimum Gasteiger partial charge on any atom is -0.411 e. The molecule has 1 fully saturated rings. The minimum atomic E-state index is -0.0879. The summed E-state index contributed by atoms with van der Waals surface area (Å²) in [5, 5.41) is 15.0. The second-order valence-corrected chi connectivity index (χ2v) is 5.33. The zero-order valence-electron chi connectivity index (χ0n) is 12.0. The molecule has 0 unspecified atom stereocenters. The smallest absolute Gasteiger partial charge is 0.321 e. The molecule has 1 aromatic rings. The number of para-hydroxylation sites is 1. The van der Waals surface area contributed by atoms with E-state index in [4.69, 9.17) is 5.21 Å². The summed E-state index contributed by atoms with van der Waals surface area (Å²) in [4.78, 5) is 14.1. The van der Waals surface area contributed by atoms with Gasteiger partial charge in [0.2, 0.25) is 0 Å². The van der Waals surface area contributed by atoms with E-state index < -0.39 is 0 Å². The molecular weight excluding hydrogens is 254 g/mol. The summed E-state index contributed by atoms with van der Waals surface area (Å²) in [6, 6.07) is 7.25. The number of nitrogens with zero attached hydrogens (tertiary/aromatic N) is 2. The highest BCUT2D eigenvalue weighted by molar-refractivity contribution is 6.06. The number of hydrogen-bond donors (Lipinski definition) is 2. The minimum absolute atomic E-state index is 0.0879. The van der Waals surface area contributed by atoms with Gasteiger partial charge in [-0.25, -0.2) is 4.79 Å². The van der Waals surface area contributed by atoms with E-state index in [-0.39, 0.29) is 6.03 Å². The Morgan fingerprint density at radius 1 is 1.35 bits per heavy atom. The Bertz CT molecular complexity index is 506. The number of rotatable bonds is 2. The fraction of sp³-hybridized carbons (Fsp3) is 0.467. The first kappa shape index (κ1) is 14.4. The molecule has 108 valence electrons. The SMILES string of the molecule is CC(=NO)c1ccccc1NC(=O)N1CCC(C)CC1. The van der Waals surface area contributed by atoms with Gasteiger partial charge in [0.05, 0.1) is 11.4 Å². The molecule has 5 heteroatoms. The molecule has 5 nitrogen and oxygen atoms in total. The predicted molar refractivity (Wildman–Crippen MR) is 79.4 cm³/mol. The molecule has 0 aliphatic carbocycles. The van der Waals surface area contributed by atoms with E-state index in [1.54, 1.807) is 6.92 Å². The Morgan fingerprint density at radius 2 is 2.00 bits per heavy atom. The number of oxime groups is 1. The molecule has 2 N–H and O–H groups in total. The molecule has 2 amide bonds. The van der Waals surface area contributed by atoms with Gasteiger partial charge in [0, 0.05) is 18.7 Å². The van der Waals surface area contributed by atoms with Crippen molar-refractivity contribution in [3.05, 3.63) is 29.8 Å². The number of carbonyl (C=O) groups is 1. The van der Waals surface area contributed by atoms with Gasteiger partial charge in [0.25, 0.3) is 0 Å². The lowest BCUT2D eigenvalue weighted by Crippen LogP contribution is -2.40. The van der Waals surface area contributed by atoms with E-state index in [1.165, 1.54) is 0 Å². The van der Waals surface area contributed by atoms with Gasteiger partial charge in [-0.3, -0.25) is 0 Å². The summed E-state index contributed by atoms with van der Waals surface area (Å²) in [5.41, 5.74) is 1.88. The van der Waals surface area contributed by atoms with Crippen molar-refractivity contribution < 1.29 is 10.0 Å². The maximum atomic E-state index is 12.2. The lowest BCUT2D eigenvalue weighted by Gasteiger charge is -2.30. The summed E-state index contributed by atoms with van der Waals surface area (Å²) >= 11 is 0. The average molecular weight is 275 g/mol. The number of piperidine rings is 1. The van der Waals surface area contributed by atoms with Gasteiger partial charge < -0.3 is 15.4 Å². The molecule has 20 heavy (non-hydrogen) atoms. The molecule has 1 aliphatic rings. The van der Waals surface area contributed by atoms with Crippen LogP contribution in [0.4, 0.5) is 10.5 Å². The molecule has 1 saturated heterocycles. The lowest BCUT2D eigenvalue weighted by molar-refractivity contribution is 0.186. The van der Waals surface area contributed by atoms with Gasteiger partial charge in [-0.2, -0.15) is 0 Å². The van der Waals surface area contributed by atoms with Crippen molar-refractivity contribution in [3.8, 4) is 0 Å². The molecule has 0 saturated carbocycles. The monoisotopic (exact) mass is 275 g/mol. The van der Waals surface area contributed by atoms with Gasteiger partial charge in [0.1, 0.15) is 0 Å². The molecule has 0 aromatic heterocycles. The van der Waals surface area contributed by atoms with Gasteiger partial charge in [-0.05, 0) is 31.7 Å². The van der Waals surface area contributed by atoms with Crippen LogP contribution in [0.5, 0.6) is 0 Å². The number of urea groups is 1. The van der Waals surface area contributed by atoms with Crippen molar-refractivity contribution in [2.24, 2.45) is 11.1 Å². The normalized spacial score (nSPS) is 17.1. The molecule has 1 aromatic carbocycles. The number of benzene rings is 1. The molecule has 0 atom stereocenters. The van der Waals surface area contributed by atoms with Crippen LogP contribution in [-0.2, 0) is 0 Å². The summed E-state index contributed by atoms with van der Waals surface area (Å²) < 4.78 is 0. The Hall–Kier alpha value is -2.04. The van der Waals surface area contributed by atoms with Gasteiger partial charge in [-0.1, -0.05) is 30.3 Å². The molecule has 0 bridgehead atoms. The molecular formula is C15H21N3O2. The number of likely N-dealkylation sites (tertiary alicyclic amines) is 1. The standard InChI is InChI=1S/C15H21N3O2/c1-11-7-9-18(10-8-11)15(19)16-14-6-4-3-5-13(14)12(2)17-20/h3-6,11,20H,7-10H2,1-2H3,(H,16,19). The zero-order chi connectivity index (χ0) is 14.5. The molecule has 0 spiro atoms. The van der Waals surface area contributed by atoms with Crippen molar-refractivity contribution in [1.82, 2.24) is 4.90 Å². The second-order valence-electron chi connectivity index (χ2n) is 5.33. The lowest BCUT2D eigenvalue weighted by atomic mass is 10.00. The highest BCUT2D eigenvalue weighted by Crippen LogP contribution is 2.19. The van der Waals surface area contributed by atoms with E-state index in [9.17, 15) is 4.79 Å². The van der Waals surface area contributed by atoms with E-state index >= 15 is 0 Å². The van der Waals surface area contributed by atoms with E-state index in [0.29, 0.717) is 17.3 Å². The quantitative estimate of drug-likeness (QED) is 0.494. The molecule has 0 radical (unpaired) electrons. The Balaban J connectivity index is 2.08. The average Bonchev–Trinajstić information content (AvgIpc) is 2.47. The largest absolute Gasteiger partial charge is 0.411 e. The highest BCUT2D eigenvalue weighted by Gasteiger charge is 2.21. The summed E-state index contributed by atoms with van der Waals surface area (Å²) in [5.74, 6) is 0.690. The van der Waals surface area contributed by atoms with Crippen LogP contribution in [0.15, 0.2) is 29.4 Å². The molecule has 2 rings (SSSR count). The van der Waals surface area contributed by atoms with Crippen molar-refractivity contribution in [2.75, 3.05) is 18.4 Å². The maximum Gasteiger partial charge on any atom is 0.321 e. The van der Waals surface area contributed by atoms with Crippen LogP contribution in [0.3, 0.4) is 0 Å². The fourth-order valence-corrected chi connectivity index (χ4v) is 2.37. The third kappa shape index (κ3) is 3.29. The number of hydrogen-bond acceptors (Lipinski definition) is 3. The molecule has 1 aliphatic heterocycles. The topological polar surface area (TPSA) is 64.9 Å². The van der Waals surface area contributed by atoms with Crippen LogP contribution in [0.2, 0.25) is 0 Å². The number of amides is 2. The second kappa shape index (κ2) is 6.41. The predicted octanol–water partition coefficient (Wildman–Crippen LogP) is 3.15. The van der Waals surface area contributed by atoms with Crippen molar-refractivity contribution >= 4 is 17.4 Å². The van der Waals surface area contributed by atoms with E-state index in [1.807, 2.05) is 29.2 Å². The first-order chi connectivity index (χ1) is 9.61. The summed E-state index contributed by atoms with van der Waals surface area (Å²) in [6.45, 7) is 5.50. The summed E-state index contributed by atoms with van der Waals surface area (Å²) in [7, 11) is 0. The fourth-order valence-electron chi connectivity index (χ4n) is 2.37. The Kier molecular flexibility index (Phi) is 4.61. The van der Waals surface area contributed by atoms with E-state index in [0.717, 1.165) is 31.5 Å². The molecule has 1 heterocycles. The number of anilines is 1. The number of nitrogens with one attached hydrogen (secondary N) is 1. The van der Waals surface area contributed by atoms with Crippen LogP contribution in [0.1, 0.15) is 32.3 Å². The third-order valence-electron chi connectivity index (χ3n) is 3.78. The Labute approximate surface area is 119 Å². The van der Waals surface area contributed by atoms with Crippen LogP contribution < -0.4 is 5.32 Å². The maximum absolute atomic E-state index is 12.2. The van der Waals surface area contributed by atoms with Crippen molar-refractivity contribution in [3.63, 3.8) is 0 Å².